The van der Waals surface area contributed by atoms with E-state index in [2.05, 4.69) is 63.9 Å². The number of hydrogen-bond donors (Lipinski definition) is 1. The standard InChI is InChI=1S/C16H25NS/c1-13(10-17-16(3,4)5)11-18-12-15-9-7-6-8-14(15)2/h6-9,17H,1,10-12H2,2-5H3. The third-order valence-electron chi connectivity index (χ3n) is 2.69. The van der Waals surface area contributed by atoms with Crippen molar-refractivity contribution in [1.29, 1.82) is 0 Å². The van der Waals surface area contributed by atoms with Crippen molar-refractivity contribution >= 4 is 11.8 Å². The zero-order valence-corrected chi connectivity index (χ0v) is 12.9. The Morgan fingerprint density at radius 1 is 1.28 bits per heavy atom. The highest BCUT2D eigenvalue weighted by Gasteiger charge is 2.08. The molecule has 0 saturated carbocycles. The van der Waals surface area contributed by atoms with E-state index < -0.39 is 0 Å². The second-order valence-corrected chi connectivity index (χ2v) is 6.76. The lowest BCUT2D eigenvalue weighted by Crippen LogP contribution is -2.37. The third-order valence-corrected chi connectivity index (χ3v) is 3.82. The molecule has 1 nitrogen and oxygen atoms in total. The van der Waals surface area contributed by atoms with Gasteiger partial charge in [-0.2, -0.15) is 11.8 Å². The van der Waals surface area contributed by atoms with E-state index in [4.69, 9.17) is 0 Å². The van der Waals surface area contributed by atoms with E-state index in [1.807, 2.05) is 11.8 Å². The Bertz CT molecular complexity index is 390. The van der Waals surface area contributed by atoms with Crippen LogP contribution in [0.4, 0.5) is 0 Å². The summed E-state index contributed by atoms with van der Waals surface area (Å²) in [6.45, 7) is 13.8. The maximum absolute atomic E-state index is 4.13. The minimum absolute atomic E-state index is 0.170. The van der Waals surface area contributed by atoms with Crippen molar-refractivity contribution < 1.29 is 0 Å². The van der Waals surface area contributed by atoms with Crippen molar-refractivity contribution in [3.8, 4) is 0 Å². The van der Waals surface area contributed by atoms with Gasteiger partial charge in [-0.3, -0.25) is 0 Å². The van der Waals surface area contributed by atoms with Gasteiger partial charge in [0.15, 0.2) is 0 Å². The minimum Gasteiger partial charge on any atom is -0.308 e. The number of rotatable bonds is 6. The number of nitrogens with one attached hydrogen (secondary N) is 1. The van der Waals surface area contributed by atoms with Gasteiger partial charge in [0.2, 0.25) is 0 Å². The molecule has 0 spiro atoms. The number of hydrogen-bond acceptors (Lipinski definition) is 2. The Morgan fingerprint density at radius 3 is 2.56 bits per heavy atom. The molecule has 0 aromatic heterocycles. The molecular formula is C16H25NS. The van der Waals surface area contributed by atoms with Gasteiger partial charge in [0.25, 0.3) is 0 Å². The molecule has 0 aliphatic heterocycles. The van der Waals surface area contributed by atoms with E-state index in [1.165, 1.54) is 16.7 Å². The third kappa shape index (κ3) is 6.27. The van der Waals surface area contributed by atoms with Gasteiger partial charge in [0, 0.05) is 23.6 Å². The first-order valence-corrected chi connectivity index (χ1v) is 7.58. The van der Waals surface area contributed by atoms with Crippen LogP contribution in [-0.2, 0) is 5.75 Å². The summed E-state index contributed by atoms with van der Waals surface area (Å²) in [6, 6.07) is 8.58. The van der Waals surface area contributed by atoms with Crippen molar-refractivity contribution in [2.24, 2.45) is 0 Å². The SMILES string of the molecule is C=C(CNC(C)(C)C)CSCc1ccccc1C. The summed E-state index contributed by atoms with van der Waals surface area (Å²) >= 11 is 1.94. The van der Waals surface area contributed by atoms with Crippen LogP contribution in [-0.4, -0.2) is 17.8 Å². The second kappa shape index (κ2) is 7.01. The molecule has 18 heavy (non-hydrogen) atoms. The molecule has 0 atom stereocenters. The van der Waals surface area contributed by atoms with Crippen LogP contribution >= 0.6 is 11.8 Å². The normalized spacial score (nSPS) is 11.6. The fourth-order valence-electron chi connectivity index (χ4n) is 1.52. The van der Waals surface area contributed by atoms with Crippen LogP contribution in [0.15, 0.2) is 36.4 Å². The van der Waals surface area contributed by atoms with Gasteiger partial charge in [0.05, 0.1) is 0 Å². The molecule has 1 aromatic rings. The quantitative estimate of drug-likeness (QED) is 0.773. The zero-order chi connectivity index (χ0) is 13.6. The Kier molecular flexibility index (Phi) is 5.97. The molecular weight excluding hydrogens is 238 g/mol. The summed E-state index contributed by atoms with van der Waals surface area (Å²) in [6.07, 6.45) is 0. The summed E-state index contributed by atoms with van der Waals surface area (Å²) < 4.78 is 0. The number of thioether (sulfide) groups is 1. The summed E-state index contributed by atoms with van der Waals surface area (Å²) in [5, 5.41) is 3.47. The molecule has 2 heteroatoms. The van der Waals surface area contributed by atoms with E-state index in [1.54, 1.807) is 0 Å². The van der Waals surface area contributed by atoms with E-state index >= 15 is 0 Å². The van der Waals surface area contributed by atoms with Crippen LogP contribution < -0.4 is 5.32 Å². The number of aryl methyl sites for hydroxylation is 1. The molecule has 0 bridgehead atoms. The zero-order valence-electron chi connectivity index (χ0n) is 12.0. The lowest BCUT2D eigenvalue weighted by atomic mass is 10.1. The molecule has 0 amide bonds. The van der Waals surface area contributed by atoms with Crippen molar-refractivity contribution in [3.05, 3.63) is 47.5 Å². The fraction of sp³-hybridized carbons (Fsp3) is 0.500. The molecule has 0 heterocycles. The van der Waals surface area contributed by atoms with Crippen LogP contribution in [0, 0.1) is 6.92 Å². The lowest BCUT2D eigenvalue weighted by Gasteiger charge is -2.21. The predicted molar refractivity (Wildman–Crippen MR) is 84.2 cm³/mol. The van der Waals surface area contributed by atoms with E-state index in [-0.39, 0.29) is 5.54 Å². The van der Waals surface area contributed by atoms with Gasteiger partial charge in [0.1, 0.15) is 0 Å². The summed E-state index contributed by atoms with van der Waals surface area (Å²) in [5.41, 5.74) is 4.25. The summed E-state index contributed by atoms with van der Waals surface area (Å²) in [7, 11) is 0. The second-order valence-electron chi connectivity index (χ2n) is 5.77. The highest BCUT2D eigenvalue weighted by Crippen LogP contribution is 2.17. The van der Waals surface area contributed by atoms with Crippen LogP contribution in [0.25, 0.3) is 0 Å². The molecule has 0 saturated heterocycles. The Hall–Kier alpha value is -0.730. The number of benzene rings is 1. The maximum Gasteiger partial charge on any atom is 0.0190 e. The molecule has 1 N–H and O–H groups in total. The van der Waals surface area contributed by atoms with Gasteiger partial charge in [-0.15, -0.1) is 0 Å². The molecule has 0 aliphatic rings. The molecule has 1 aromatic carbocycles. The predicted octanol–water partition coefficient (Wildman–Crippen LogP) is 4.17. The minimum atomic E-state index is 0.170. The van der Waals surface area contributed by atoms with Crippen molar-refractivity contribution in [2.75, 3.05) is 12.3 Å². The summed E-state index contributed by atoms with van der Waals surface area (Å²) in [5.74, 6) is 2.10. The first kappa shape index (κ1) is 15.3. The van der Waals surface area contributed by atoms with Gasteiger partial charge in [-0.05, 0) is 38.8 Å². The first-order chi connectivity index (χ1) is 8.38. The molecule has 0 radical (unpaired) electrons. The van der Waals surface area contributed by atoms with Crippen LogP contribution in [0.2, 0.25) is 0 Å². The van der Waals surface area contributed by atoms with E-state index in [0.29, 0.717) is 0 Å². The van der Waals surface area contributed by atoms with Gasteiger partial charge < -0.3 is 5.32 Å². The van der Waals surface area contributed by atoms with Gasteiger partial charge in [-0.1, -0.05) is 36.4 Å². The molecule has 1 rings (SSSR count). The van der Waals surface area contributed by atoms with Crippen LogP contribution in [0.3, 0.4) is 0 Å². The van der Waals surface area contributed by atoms with Crippen molar-refractivity contribution in [2.45, 2.75) is 39.0 Å². The van der Waals surface area contributed by atoms with Gasteiger partial charge in [-0.25, -0.2) is 0 Å². The fourth-order valence-corrected chi connectivity index (χ4v) is 2.56. The molecule has 0 unspecified atom stereocenters. The maximum atomic E-state index is 4.13. The smallest absolute Gasteiger partial charge is 0.0190 e. The highest BCUT2D eigenvalue weighted by molar-refractivity contribution is 7.98. The van der Waals surface area contributed by atoms with Crippen LogP contribution in [0.1, 0.15) is 31.9 Å². The molecule has 0 fully saturated rings. The monoisotopic (exact) mass is 263 g/mol. The van der Waals surface area contributed by atoms with Crippen LogP contribution in [0.5, 0.6) is 0 Å². The average molecular weight is 263 g/mol. The highest BCUT2D eigenvalue weighted by atomic mass is 32.2. The van der Waals surface area contributed by atoms with Crippen molar-refractivity contribution in [3.63, 3.8) is 0 Å². The topological polar surface area (TPSA) is 12.0 Å². The lowest BCUT2D eigenvalue weighted by molar-refractivity contribution is 0.445. The first-order valence-electron chi connectivity index (χ1n) is 6.42. The van der Waals surface area contributed by atoms with Gasteiger partial charge >= 0.3 is 0 Å². The average Bonchev–Trinajstić information content (AvgIpc) is 2.28. The Morgan fingerprint density at radius 2 is 1.94 bits per heavy atom. The Labute approximate surface area is 116 Å². The largest absolute Gasteiger partial charge is 0.308 e. The Balaban J connectivity index is 2.26. The van der Waals surface area contributed by atoms with Crippen molar-refractivity contribution in [1.82, 2.24) is 5.32 Å². The molecule has 100 valence electrons. The van der Waals surface area contributed by atoms with E-state index in [9.17, 15) is 0 Å². The van der Waals surface area contributed by atoms with E-state index in [0.717, 1.165) is 18.1 Å². The molecule has 0 aliphatic carbocycles. The summed E-state index contributed by atoms with van der Waals surface area (Å²) in [4.78, 5) is 0.